The van der Waals surface area contributed by atoms with Crippen molar-refractivity contribution >= 4 is 11.6 Å². The molecule has 3 nitrogen and oxygen atoms in total. The summed E-state index contributed by atoms with van der Waals surface area (Å²) in [6.07, 6.45) is 1.66. The van der Waals surface area contributed by atoms with E-state index in [9.17, 15) is 9.18 Å². The summed E-state index contributed by atoms with van der Waals surface area (Å²) in [7, 11) is 0. The third-order valence-electron chi connectivity index (χ3n) is 3.46. The number of halogens is 1. The Morgan fingerprint density at radius 1 is 1.05 bits per heavy atom. The zero-order valence-electron chi connectivity index (χ0n) is 12.9. The van der Waals surface area contributed by atoms with Gasteiger partial charge in [-0.05, 0) is 36.1 Å². The number of hydrogen-bond donors (Lipinski definition) is 1. The van der Waals surface area contributed by atoms with Gasteiger partial charge in [0.1, 0.15) is 0 Å². The van der Waals surface area contributed by atoms with E-state index in [4.69, 9.17) is 4.74 Å². The third kappa shape index (κ3) is 3.85. The number of carbonyl (C=O) groups is 1. The normalized spacial score (nSPS) is 10.3. The highest BCUT2D eigenvalue weighted by Gasteiger charge is 2.11. The number of ether oxygens (including phenoxy) is 1. The van der Waals surface area contributed by atoms with Crippen molar-refractivity contribution in [1.29, 1.82) is 0 Å². The number of carbonyl (C=O) groups excluding carboxylic acids is 1. The van der Waals surface area contributed by atoms with Gasteiger partial charge in [0.15, 0.2) is 18.2 Å². The van der Waals surface area contributed by atoms with Gasteiger partial charge in [-0.25, -0.2) is 4.39 Å². The SMILES string of the molecule is CCc1cccc(CC)c1NC(=O)COc1ccccc1F. The van der Waals surface area contributed by atoms with E-state index >= 15 is 0 Å². The lowest BCUT2D eigenvalue weighted by Crippen LogP contribution is -2.22. The summed E-state index contributed by atoms with van der Waals surface area (Å²) in [6.45, 7) is 3.86. The highest BCUT2D eigenvalue weighted by atomic mass is 19.1. The van der Waals surface area contributed by atoms with Crippen LogP contribution in [0.2, 0.25) is 0 Å². The van der Waals surface area contributed by atoms with E-state index < -0.39 is 5.82 Å². The maximum Gasteiger partial charge on any atom is 0.262 e. The summed E-state index contributed by atoms with van der Waals surface area (Å²) >= 11 is 0. The number of anilines is 1. The van der Waals surface area contributed by atoms with Crippen LogP contribution in [0.3, 0.4) is 0 Å². The van der Waals surface area contributed by atoms with Crippen molar-refractivity contribution in [2.24, 2.45) is 0 Å². The molecule has 1 N–H and O–H groups in total. The van der Waals surface area contributed by atoms with E-state index in [1.807, 2.05) is 32.0 Å². The number of rotatable bonds is 6. The molecule has 0 saturated heterocycles. The Morgan fingerprint density at radius 2 is 1.68 bits per heavy atom. The van der Waals surface area contributed by atoms with Gasteiger partial charge in [-0.3, -0.25) is 4.79 Å². The molecular weight excluding hydrogens is 281 g/mol. The first kappa shape index (κ1) is 16.0. The Bertz CT molecular complexity index is 633. The minimum absolute atomic E-state index is 0.0807. The van der Waals surface area contributed by atoms with Crippen molar-refractivity contribution in [1.82, 2.24) is 0 Å². The molecule has 0 unspecified atom stereocenters. The molecule has 2 aromatic carbocycles. The monoisotopic (exact) mass is 301 g/mol. The van der Waals surface area contributed by atoms with Crippen LogP contribution in [0.4, 0.5) is 10.1 Å². The Hall–Kier alpha value is -2.36. The molecule has 0 aliphatic carbocycles. The highest BCUT2D eigenvalue weighted by Crippen LogP contribution is 2.22. The van der Waals surface area contributed by atoms with E-state index in [0.29, 0.717) is 0 Å². The molecule has 4 heteroatoms. The van der Waals surface area contributed by atoms with Crippen LogP contribution in [0.1, 0.15) is 25.0 Å². The molecule has 0 aromatic heterocycles. The van der Waals surface area contributed by atoms with Gasteiger partial charge in [-0.15, -0.1) is 0 Å². The first-order valence-electron chi connectivity index (χ1n) is 7.43. The average Bonchev–Trinajstić information content (AvgIpc) is 2.54. The van der Waals surface area contributed by atoms with Gasteiger partial charge in [0.25, 0.3) is 5.91 Å². The van der Waals surface area contributed by atoms with E-state index in [2.05, 4.69) is 5.32 Å². The number of benzene rings is 2. The molecule has 0 aliphatic heterocycles. The fourth-order valence-corrected chi connectivity index (χ4v) is 2.28. The predicted octanol–water partition coefficient (Wildman–Crippen LogP) is 3.97. The minimum atomic E-state index is -0.474. The lowest BCUT2D eigenvalue weighted by Gasteiger charge is -2.14. The first-order chi connectivity index (χ1) is 10.7. The van der Waals surface area contributed by atoms with Gasteiger partial charge in [0, 0.05) is 5.69 Å². The van der Waals surface area contributed by atoms with Crippen LogP contribution in [-0.2, 0) is 17.6 Å². The molecule has 0 radical (unpaired) electrons. The summed E-state index contributed by atoms with van der Waals surface area (Å²) in [6, 6.07) is 12.0. The van der Waals surface area contributed by atoms with Gasteiger partial charge >= 0.3 is 0 Å². The Balaban J connectivity index is 2.05. The molecule has 0 saturated carbocycles. The Kier molecular flexibility index (Phi) is 5.53. The second-order valence-corrected chi connectivity index (χ2v) is 4.93. The van der Waals surface area contributed by atoms with Crippen molar-refractivity contribution in [3.8, 4) is 5.75 Å². The summed E-state index contributed by atoms with van der Waals surface area (Å²) in [5, 5.41) is 2.88. The van der Waals surface area contributed by atoms with E-state index in [0.717, 1.165) is 29.7 Å². The van der Waals surface area contributed by atoms with E-state index in [-0.39, 0.29) is 18.3 Å². The predicted molar refractivity (Wildman–Crippen MR) is 85.7 cm³/mol. The number of amides is 1. The van der Waals surface area contributed by atoms with Gasteiger partial charge in [-0.2, -0.15) is 0 Å². The molecule has 1 amide bonds. The molecular formula is C18H20FNO2. The third-order valence-corrected chi connectivity index (χ3v) is 3.46. The van der Waals surface area contributed by atoms with E-state index in [1.165, 1.54) is 12.1 Å². The van der Waals surface area contributed by atoms with Crippen molar-refractivity contribution in [3.05, 3.63) is 59.4 Å². The second kappa shape index (κ2) is 7.59. The maximum atomic E-state index is 13.4. The molecule has 0 bridgehead atoms. The summed E-state index contributed by atoms with van der Waals surface area (Å²) in [5.41, 5.74) is 3.01. The lowest BCUT2D eigenvalue weighted by atomic mass is 10.0. The molecule has 116 valence electrons. The summed E-state index contributed by atoms with van der Waals surface area (Å²) in [5.74, 6) is -0.686. The van der Waals surface area contributed by atoms with Crippen molar-refractivity contribution in [3.63, 3.8) is 0 Å². The van der Waals surface area contributed by atoms with Gasteiger partial charge in [0.05, 0.1) is 0 Å². The molecule has 2 aromatic rings. The van der Waals surface area contributed by atoms with Crippen LogP contribution in [0, 0.1) is 5.82 Å². The average molecular weight is 301 g/mol. The zero-order valence-corrected chi connectivity index (χ0v) is 12.9. The largest absolute Gasteiger partial charge is 0.481 e. The summed E-state index contributed by atoms with van der Waals surface area (Å²) in [4.78, 5) is 12.1. The zero-order chi connectivity index (χ0) is 15.9. The second-order valence-electron chi connectivity index (χ2n) is 4.93. The lowest BCUT2D eigenvalue weighted by molar-refractivity contribution is -0.118. The van der Waals surface area contributed by atoms with Gasteiger partial charge < -0.3 is 10.1 Å². The van der Waals surface area contributed by atoms with E-state index in [1.54, 1.807) is 12.1 Å². The highest BCUT2D eigenvalue weighted by molar-refractivity contribution is 5.93. The Labute approximate surface area is 130 Å². The van der Waals surface area contributed by atoms with Crippen LogP contribution in [0.25, 0.3) is 0 Å². The Morgan fingerprint density at radius 3 is 2.27 bits per heavy atom. The number of nitrogens with one attached hydrogen (secondary N) is 1. The fraction of sp³-hybridized carbons (Fsp3) is 0.278. The van der Waals surface area contributed by atoms with Crippen molar-refractivity contribution < 1.29 is 13.9 Å². The molecule has 0 fully saturated rings. The molecule has 22 heavy (non-hydrogen) atoms. The maximum absolute atomic E-state index is 13.4. The van der Waals surface area contributed by atoms with Crippen LogP contribution < -0.4 is 10.1 Å². The van der Waals surface area contributed by atoms with Crippen LogP contribution in [0.5, 0.6) is 5.75 Å². The molecule has 2 rings (SSSR count). The molecule has 0 heterocycles. The summed E-state index contributed by atoms with van der Waals surface area (Å²) < 4.78 is 18.7. The molecule has 0 aliphatic rings. The van der Waals surface area contributed by atoms with Crippen LogP contribution in [-0.4, -0.2) is 12.5 Å². The van der Waals surface area contributed by atoms with Crippen LogP contribution in [0.15, 0.2) is 42.5 Å². The molecule has 0 atom stereocenters. The number of aryl methyl sites for hydroxylation is 2. The van der Waals surface area contributed by atoms with Crippen LogP contribution >= 0.6 is 0 Å². The minimum Gasteiger partial charge on any atom is -0.481 e. The number of para-hydroxylation sites is 2. The van der Waals surface area contributed by atoms with Crippen molar-refractivity contribution in [2.45, 2.75) is 26.7 Å². The number of hydrogen-bond acceptors (Lipinski definition) is 2. The van der Waals surface area contributed by atoms with Gasteiger partial charge in [-0.1, -0.05) is 44.2 Å². The fourth-order valence-electron chi connectivity index (χ4n) is 2.28. The van der Waals surface area contributed by atoms with Gasteiger partial charge in [0.2, 0.25) is 0 Å². The quantitative estimate of drug-likeness (QED) is 0.877. The molecule has 0 spiro atoms. The van der Waals surface area contributed by atoms with Crippen molar-refractivity contribution in [2.75, 3.05) is 11.9 Å². The standard InChI is InChI=1S/C18H20FNO2/c1-3-13-8-7-9-14(4-2)18(13)20-17(21)12-22-16-11-6-5-10-15(16)19/h5-11H,3-4,12H2,1-2H3,(H,20,21). The first-order valence-corrected chi connectivity index (χ1v) is 7.43. The topological polar surface area (TPSA) is 38.3 Å². The smallest absolute Gasteiger partial charge is 0.262 e.